The number of halogens is 1. The number of nitrogens with zero attached hydrogens (tertiary/aromatic N) is 2. The average molecular weight is 458 g/mol. The summed E-state index contributed by atoms with van der Waals surface area (Å²) in [5, 5.41) is 3.42. The van der Waals surface area contributed by atoms with Crippen molar-refractivity contribution in [2.75, 3.05) is 45.2 Å². The van der Waals surface area contributed by atoms with Crippen LogP contribution >= 0.6 is 11.6 Å². The van der Waals surface area contributed by atoms with Gasteiger partial charge < -0.3 is 19.7 Å². The summed E-state index contributed by atoms with van der Waals surface area (Å²) in [7, 11) is 1.55. The van der Waals surface area contributed by atoms with Gasteiger partial charge in [-0.2, -0.15) is 0 Å². The Morgan fingerprint density at radius 2 is 1.88 bits per heavy atom. The molecule has 2 heterocycles. The van der Waals surface area contributed by atoms with E-state index in [1.807, 2.05) is 35.2 Å². The third-order valence-corrected chi connectivity index (χ3v) is 6.27. The lowest BCUT2D eigenvalue weighted by molar-refractivity contribution is -0.143. The van der Waals surface area contributed by atoms with E-state index in [-0.39, 0.29) is 17.9 Å². The van der Waals surface area contributed by atoms with Gasteiger partial charge in [-0.1, -0.05) is 41.9 Å². The van der Waals surface area contributed by atoms with Gasteiger partial charge >= 0.3 is 0 Å². The first-order valence-electron chi connectivity index (χ1n) is 10.9. The molecule has 7 nitrogen and oxygen atoms in total. The third kappa shape index (κ3) is 5.06. The van der Waals surface area contributed by atoms with Crippen LogP contribution in [0.1, 0.15) is 24.4 Å². The SMILES string of the molecule is COc1ccc(NC(=O)[C@@H](c2ccccc2)N2CCN(C(=O)[C@@H]3CCCO3)CC2)cc1Cl. The number of anilines is 1. The number of ether oxygens (including phenoxy) is 2. The van der Waals surface area contributed by atoms with Gasteiger partial charge in [-0.15, -0.1) is 0 Å². The van der Waals surface area contributed by atoms with Crippen molar-refractivity contribution in [3.8, 4) is 5.75 Å². The highest BCUT2D eigenvalue weighted by atomic mass is 35.5. The van der Waals surface area contributed by atoms with Crippen LogP contribution in [-0.4, -0.2) is 67.6 Å². The van der Waals surface area contributed by atoms with Crippen molar-refractivity contribution in [3.05, 3.63) is 59.1 Å². The molecule has 2 aliphatic rings. The van der Waals surface area contributed by atoms with Crippen molar-refractivity contribution in [1.82, 2.24) is 9.80 Å². The Balaban J connectivity index is 1.47. The molecule has 0 saturated carbocycles. The first kappa shape index (κ1) is 22.6. The molecule has 0 aliphatic carbocycles. The average Bonchev–Trinajstić information content (AvgIpc) is 3.35. The van der Waals surface area contributed by atoms with Gasteiger partial charge in [0.1, 0.15) is 17.9 Å². The molecule has 32 heavy (non-hydrogen) atoms. The lowest BCUT2D eigenvalue weighted by Crippen LogP contribution is -2.53. The van der Waals surface area contributed by atoms with Crippen LogP contribution < -0.4 is 10.1 Å². The highest BCUT2D eigenvalue weighted by Crippen LogP contribution is 2.29. The van der Waals surface area contributed by atoms with Gasteiger partial charge in [0, 0.05) is 38.5 Å². The predicted molar refractivity (Wildman–Crippen MR) is 123 cm³/mol. The van der Waals surface area contributed by atoms with Gasteiger partial charge in [-0.05, 0) is 36.6 Å². The Kier molecular flexibility index (Phi) is 7.29. The normalized spacial score (nSPS) is 20.1. The zero-order valence-electron chi connectivity index (χ0n) is 18.1. The number of piperazine rings is 1. The Morgan fingerprint density at radius 3 is 2.50 bits per heavy atom. The third-order valence-electron chi connectivity index (χ3n) is 5.98. The summed E-state index contributed by atoms with van der Waals surface area (Å²) in [6.07, 6.45) is 1.41. The Labute approximate surface area is 193 Å². The molecule has 0 aromatic heterocycles. The zero-order chi connectivity index (χ0) is 22.5. The summed E-state index contributed by atoms with van der Waals surface area (Å²) in [5.74, 6) is 0.475. The summed E-state index contributed by atoms with van der Waals surface area (Å²) < 4.78 is 10.7. The Morgan fingerprint density at radius 1 is 1.12 bits per heavy atom. The molecule has 2 aliphatic heterocycles. The molecule has 170 valence electrons. The van der Waals surface area contributed by atoms with Crippen molar-refractivity contribution in [2.24, 2.45) is 0 Å². The summed E-state index contributed by atoms with van der Waals surface area (Å²) in [6.45, 7) is 3.01. The molecule has 0 radical (unpaired) electrons. The lowest BCUT2D eigenvalue weighted by Gasteiger charge is -2.39. The van der Waals surface area contributed by atoms with E-state index in [2.05, 4.69) is 10.2 Å². The van der Waals surface area contributed by atoms with Gasteiger partial charge in [0.05, 0.1) is 12.1 Å². The number of hydrogen-bond donors (Lipinski definition) is 1. The molecule has 0 bridgehead atoms. The number of methoxy groups -OCH3 is 1. The first-order chi connectivity index (χ1) is 15.6. The molecule has 2 aromatic rings. The number of rotatable bonds is 6. The van der Waals surface area contributed by atoms with E-state index in [4.69, 9.17) is 21.1 Å². The fourth-order valence-electron chi connectivity index (χ4n) is 4.29. The smallest absolute Gasteiger partial charge is 0.251 e. The standard InChI is InChI=1S/C24H28ClN3O4/c1-31-20-10-9-18(16-19(20)25)26-23(29)22(17-6-3-2-4-7-17)27-11-13-28(14-12-27)24(30)21-8-5-15-32-21/h2-4,6-7,9-10,16,21-22H,5,8,11-15H2,1H3,(H,26,29)/t21-,22+/m0/s1. The number of hydrogen-bond acceptors (Lipinski definition) is 5. The maximum Gasteiger partial charge on any atom is 0.251 e. The maximum atomic E-state index is 13.4. The predicted octanol–water partition coefficient (Wildman–Crippen LogP) is 3.35. The molecule has 2 fully saturated rings. The molecule has 2 saturated heterocycles. The molecule has 0 unspecified atom stereocenters. The fourth-order valence-corrected chi connectivity index (χ4v) is 4.55. The van der Waals surface area contributed by atoms with Crippen LogP contribution in [0.2, 0.25) is 5.02 Å². The summed E-state index contributed by atoms with van der Waals surface area (Å²) in [5.41, 5.74) is 1.51. The Bertz CT molecular complexity index is 942. The van der Waals surface area contributed by atoms with E-state index in [1.165, 1.54) is 0 Å². The first-order valence-corrected chi connectivity index (χ1v) is 11.3. The number of carbonyl (C=O) groups excluding carboxylic acids is 2. The second-order valence-electron chi connectivity index (χ2n) is 8.01. The Hall–Kier alpha value is -2.61. The minimum atomic E-state index is -0.475. The van der Waals surface area contributed by atoms with Crippen LogP contribution in [0.15, 0.2) is 48.5 Å². The molecule has 4 rings (SSSR count). The topological polar surface area (TPSA) is 71.1 Å². The van der Waals surface area contributed by atoms with Gasteiger partial charge in [-0.25, -0.2) is 0 Å². The van der Waals surface area contributed by atoms with E-state index in [0.29, 0.717) is 49.2 Å². The van der Waals surface area contributed by atoms with E-state index < -0.39 is 6.04 Å². The van der Waals surface area contributed by atoms with Gasteiger partial charge in [0.15, 0.2) is 0 Å². The number of nitrogens with one attached hydrogen (secondary N) is 1. The van der Waals surface area contributed by atoms with Crippen molar-refractivity contribution in [3.63, 3.8) is 0 Å². The van der Waals surface area contributed by atoms with Gasteiger partial charge in [0.25, 0.3) is 5.91 Å². The number of carbonyl (C=O) groups is 2. The minimum Gasteiger partial charge on any atom is -0.495 e. The molecule has 2 atom stereocenters. The lowest BCUT2D eigenvalue weighted by atomic mass is 10.0. The molecule has 2 amide bonds. The van der Waals surface area contributed by atoms with Gasteiger partial charge in [0.2, 0.25) is 5.91 Å². The minimum absolute atomic E-state index is 0.0655. The van der Waals surface area contributed by atoms with Crippen molar-refractivity contribution in [1.29, 1.82) is 0 Å². The van der Waals surface area contributed by atoms with Crippen LogP contribution in [-0.2, 0) is 14.3 Å². The molecule has 2 aromatic carbocycles. The molecule has 1 N–H and O–H groups in total. The molecule has 0 spiro atoms. The van der Waals surface area contributed by atoms with Crippen LogP contribution in [0.4, 0.5) is 5.69 Å². The van der Waals surface area contributed by atoms with Crippen LogP contribution in [0, 0.1) is 0 Å². The molecule has 8 heteroatoms. The quantitative estimate of drug-likeness (QED) is 0.720. The summed E-state index contributed by atoms with van der Waals surface area (Å²) in [4.78, 5) is 30.0. The second kappa shape index (κ2) is 10.3. The van der Waals surface area contributed by atoms with E-state index in [1.54, 1.807) is 25.3 Å². The maximum absolute atomic E-state index is 13.4. The number of benzene rings is 2. The van der Waals surface area contributed by atoms with Crippen LogP contribution in [0.5, 0.6) is 5.75 Å². The van der Waals surface area contributed by atoms with E-state index >= 15 is 0 Å². The van der Waals surface area contributed by atoms with E-state index in [9.17, 15) is 9.59 Å². The molecular weight excluding hydrogens is 430 g/mol. The largest absolute Gasteiger partial charge is 0.495 e. The zero-order valence-corrected chi connectivity index (χ0v) is 18.9. The van der Waals surface area contributed by atoms with Crippen LogP contribution in [0.3, 0.4) is 0 Å². The number of amides is 2. The second-order valence-corrected chi connectivity index (χ2v) is 8.42. The highest BCUT2D eigenvalue weighted by molar-refractivity contribution is 6.32. The van der Waals surface area contributed by atoms with Crippen molar-refractivity contribution >= 4 is 29.1 Å². The monoisotopic (exact) mass is 457 g/mol. The highest BCUT2D eigenvalue weighted by Gasteiger charge is 2.34. The summed E-state index contributed by atoms with van der Waals surface area (Å²) >= 11 is 6.22. The van der Waals surface area contributed by atoms with Crippen molar-refractivity contribution in [2.45, 2.75) is 25.0 Å². The van der Waals surface area contributed by atoms with Crippen LogP contribution in [0.25, 0.3) is 0 Å². The molecular formula is C24H28ClN3O4. The van der Waals surface area contributed by atoms with Gasteiger partial charge in [-0.3, -0.25) is 14.5 Å². The fraction of sp³-hybridized carbons (Fsp3) is 0.417. The van der Waals surface area contributed by atoms with E-state index in [0.717, 1.165) is 18.4 Å². The summed E-state index contributed by atoms with van der Waals surface area (Å²) in [6, 6.07) is 14.4. The van der Waals surface area contributed by atoms with Crippen molar-refractivity contribution < 1.29 is 19.1 Å².